The van der Waals surface area contributed by atoms with Gasteiger partial charge in [0.1, 0.15) is 4.70 Å². The van der Waals surface area contributed by atoms with E-state index in [0.717, 1.165) is 22.6 Å². The van der Waals surface area contributed by atoms with Crippen molar-refractivity contribution in [1.82, 2.24) is 4.98 Å². The van der Waals surface area contributed by atoms with E-state index in [0.29, 0.717) is 43.0 Å². The Kier molecular flexibility index (Phi) is 5.25. The Hall–Kier alpha value is -3.17. The van der Waals surface area contributed by atoms with Crippen LogP contribution in [-0.4, -0.2) is 34.6 Å². The molecule has 2 aliphatic rings. The highest BCUT2D eigenvalue weighted by molar-refractivity contribution is 7.22. The smallest absolute Gasteiger partial charge is 0.291 e. The van der Waals surface area contributed by atoms with Crippen LogP contribution in [-0.2, 0) is 4.79 Å². The molecule has 1 aromatic heterocycles. The average Bonchev–Trinajstić information content (AvgIpc) is 3.11. The van der Waals surface area contributed by atoms with Gasteiger partial charge in [-0.2, -0.15) is 4.98 Å². The number of carbonyl (C=O) groups excluding carboxylic acids is 1. The van der Waals surface area contributed by atoms with Crippen LogP contribution in [0.1, 0.15) is 30.4 Å². The fraction of sp³-hybridized carbons (Fsp3) is 0.304. The van der Waals surface area contributed by atoms with Crippen molar-refractivity contribution in [3.63, 3.8) is 0 Å². The molecule has 0 atom stereocenters. The SMILES string of the molecule is Cc1c(Cl)cc2c(=O)nc(N3CCC4(CC3)CC(c3ccccc3)=NC4=O)sc2c1[N+](=O)[O-]. The number of hydrogen-bond acceptors (Lipinski definition) is 7. The maximum atomic E-state index is 12.8. The maximum Gasteiger partial charge on any atom is 0.291 e. The summed E-state index contributed by atoms with van der Waals surface area (Å²) in [7, 11) is 0. The van der Waals surface area contributed by atoms with Crippen molar-refractivity contribution in [2.45, 2.75) is 26.2 Å². The molecular formula is C23H19ClN4O4S. The van der Waals surface area contributed by atoms with Gasteiger partial charge in [0.2, 0.25) is 0 Å². The van der Waals surface area contributed by atoms with Crippen molar-refractivity contribution in [2.24, 2.45) is 10.4 Å². The molecule has 1 spiro atoms. The monoisotopic (exact) mass is 482 g/mol. The molecule has 2 aliphatic heterocycles. The molecule has 0 N–H and O–H groups in total. The second kappa shape index (κ2) is 8.00. The first-order valence-electron chi connectivity index (χ1n) is 10.5. The van der Waals surface area contributed by atoms with Crippen LogP contribution >= 0.6 is 22.9 Å². The highest BCUT2D eigenvalue weighted by Gasteiger charge is 2.46. The molecule has 8 nitrogen and oxygen atoms in total. The number of halogens is 1. The molecule has 2 aromatic carbocycles. The molecule has 0 aliphatic carbocycles. The van der Waals surface area contributed by atoms with Crippen molar-refractivity contribution in [3.8, 4) is 0 Å². The second-order valence-electron chi connectivity index (χ2n) is 8.44. The number of nitro groups is 1. The number of anilines is 1. The van der Waals surface area contributed by atoms with E-state index >= 15 is 0 Å². The van der Waals surface area contributed by atoms with Crippen molar-refractivity contribution in [1.29, 1.82) is 0 Å². The van der Waals surface area contributed by atoms with Gasteiger partial charge in [-0.25, -0.2) is 4.99 Å². The van der Waals surface area contributed by atoms with E-state index in [1.54, 1.807) is 6.92 Å². The van der Waals surface area contributed by atoms with Crippen LogP contribution in [0.15, 0.2) is 46.2 Å². The molecule has 3 heterocycles. The van der Waals surface area contributed by atoms with Crippen LogP contribution in [0.25, 0.3) is 10.1 Å². The molecule has 0 saturated carbocycles. The number of hydrogen-bond donors (Lipinski definition) is 0. The van der Waals surface area contributed by atoms with Crippen molar-refractivity contribution in [2.75, 3.05) is 18.0 Å². The van der Waals surface area contributed by atoms with Gasteiger partial charge in [-0.05, 0) is 31.4 Å². The summed E-state index contributed by atoms with van der Waals surface area (Å²) in [5.41, 5.74) is 0.840. The molecule has 3 aromatic rings. The Labute approximate surface area is 197 Å². The maximum absolute atomic E-state index is 12.8. The first-order chi connectivity index (χ1) is 15.8. The van der Waals surface area contributed by atoms with Gasteiger partial charge in [-0.3, -0.25) is 19.7 Å². The zero-order chi connectivity index (χ0) is 23.3. The average molecular weight is 483 g/mol. The standard InChI is InChI=1S/C23H19ClN4O4S/c1-13-16(24)11-15-19(18(13)28(31)32)33-22(26-20(15)29)27-9-7-23(8-10-27)12-17(25-21(23)30)14-5-3-2-4-6-14/h2-6,11H,7-10,12H2,1H3. The number of piperidine rings is 1. The Morgan fingerprint density at radius 3 is 2.55 bits per heavy atom. The number of aliphatic imine (C=N–C) groups is 1. The summed E-state index contributed by atoms with van der Waals surface area (Å²) in [6.45, 7) is 2.59. The van der Waals surface area contributed by atoms with Crippen LogP contribution in [0.3, 0.4) is 0 Å². The molecule has 1 amide bonds. The van der Waals surface area contributed by atoms with Crippen LogP contribution < -0.4 is 10.5 Å². The van der Waals surface area contributed by atoms with Crippen LogP contribution in [0.4, 0.5) is 10.8 Å². The van der Waals surface area contributed by atoms with Gasteiger partial charge in [-0.1, -0.05) is 53.3 Å². The predicted octanol–water partition coefficient (Wildman–Crippen LogP) is 4.53. The first-order valence-corrected chi connectivity index (χ1v) is 11.7. The number of nitrogens with zero attached hydrogens (tertiary/aromatic N) is 4. The fourth-order valence-corrected chi connectivity index (χ4v) is 5.98. The third-order valence-corrected chi connectivity index (χ3v) is 8.08. The van der Waals surface area contributed by atoms with Crippen molar-refractivity contribution in [3.05, 3.63) is 73.0 Å². The van der Waals surface area contributed by atoms with E-state index in [-0.39, 0.29) is 26.7 Å². The number of amides is 1. The number of aromatic nitrogens is 1. The molecule has 0 radical (unpaired) electrons. The lowest BCUT2D eigenvalue weighted by Crippen LogP contribution is -2.43. The van der Waals surface area contributed by atoms with Crippen LogP contribution in [0.5, 0.6) is 0 Å². The Morgan fingerprint density at radius 2 is 1.88 bits per heavy atom. The minimum Gasteiger partial charge on any atom is -0.348 e. The van der Waals surface area contributed by atoms with Gasteiger partial charge in [0.15, 0.2) is 5.13 Å². The molecule has 0 unspecified atom stereocenters. The molecule has 1 fully saturated rings. The van der Waals surface area contributed by atoms with Gasteiger partial charge in [0.05, 0.1) is 26.5 Å². The van der Waals surface area contributed by atoms with E-state index in [2.05, 4.69) is 9.98 Å². The van der Waals surface area contributed by atoms with Gasteiger partial charge < -0.3 is 4.90 Å². The van der Waals surface area contributed by atoms with Gasteiger partial charge >= 0.3 is 0 Å². The highest BCUT2D eigenvalue weighted by atomic mass is 35.5. The minimum absolute atomic E-state index is 0.0958. The summed E-state index contributed by atoms with van der Waals surface area (Å²) in [6, 6.07) is 11.1. The normalized spacial score (nSPS) is 17.6. The third-order valence-electron chi connectivity index (χ3n) is 6.54. The summed E-state index contributed by atoms with van der Waals surface area (Å²) < 4.78 is 0.267. The first kappa shape index (κ1) is 21.7. The largest absolute Gasteiger partial charge is 0.348 e. The molecule has 5 rings (SSSR count). The molecule has 1 saturated heterocycles. The van der Waals surface area contributed by atoms with Crippen LogP contribution in [0, 0.1) is 22.5 Å². The fourth-order valence-electron chi connectivity index (χ4n) is 4.58. The Bertz CT molecular complexity index is 1400. The zero-order valence-electron chi connectivity index (χ0n) is 17.7. The molecule has 33 heavy (non-hydrogen) atoms. The van der Waals surface area contributed by atoms with Gasteiger partial charge in [-0.15, -0.1) is 0 Å². The number of carbonyl (C=O) groups is 1. The highest BCUT2D eigenvalue weighted by Crippen LogP contribution is 2.44. The van der Waals surface area contributed by atoms with Crippen molar-refractivity contribution < 1.29 is 9.72 Å². The molecule has 10 heteroatoms. The minimum atomic E-state index is -0.546. The summed E-state index contributed by atoms with van der Waals surface area (Å²) >= 11 is 7.23. The lowest BCUT2D eigenvalue weighted by Gasteiger charge is -2.37. The molecule has 0 bridgehead atoms. The van der Waals surface area contributed by atoms with E-state index in [1.165, 1.54) is 6.07 Å². The molecular weight excluding hydrogens is 464 g/mol. The van der Waals surface area contributed by atoms with E-state index in [9.17, 15) is 19.7 Å². The lowest BCUT2D eigenvalue weighted by molar-refractivity contribution is -0.383. The van der Waals surface area contributed by atoms with E-state index in [1.807, 2.05) is 35.2 Å². The third kappa shape index (κ3) is 3.61. The Balaban J connectivity index is 1.43. The number of fused-ring (bicyclic) bond motifs is 1. The number of rotatable bonds is 3. The van der Waals surface area contributed by atoms with E-state index in [4.69, 9.17) is 11.6 Å². The Morgan fingerprint density at radius 1 is 1.18 bits per heavy atom. The van der Waals surface area contributed by atoms with Gasteiger partial charge in [0, 0.05) is 25.1 Å². The van der Waals surface area contributed by atoms with Crippen LogP contribution in [0.2, 0.25) is 5.02 Å². The number of nitro benzene ring substituents is 1. The molecule has 168 valence electrons. The topological polar surface area (TPSA) is 106 Å². The zero-order valence-corrected chi connectivity index (χ0v) is 19.3. The predicted molar refractivity (Wildman–Crippen MR) is 129 cm³/mol. The summed E-state index contributed by atoms with van der Waals surface area (Å²) in [6.07, 6.45) is 1.75. The second-order valence-corrected chi connectivity index (χ2v) is 9.83. The number of benzene rings is 2. The lowest BCUT2D eigenvalue weighted by atomic mass is 9.75. The quantitative estimate of drug-likeness (QED) is 0.401. The summed E-state index contributed by atoms with van der Waals surface area (Å²) in [5, 5.41) is 12.4. The van der Waals surface area contributed by atoms with E-state index < -0.39 is 15.9 Å². The summed E-state index contributed by atoms with van der Waals surface area (Å²) in [5.74, 6) is -0.0958. The van der Waals surface area contributed by atoms with Gasteiger partial charge in [0.25, 0.3) is 17.2 Å². The van der Waals surface area contributed by atoms with Crippen molar-refractivity contribution >= 4 is 55.5 Å². The summed E-state index contributed by atoms with van der Waals surface area (Å²) in [4.78, 5) is 47.2.